The van der Waals surface area contributed by atoms with Crippen molar-refractivity contribution in [1.82, 2.24) is 9.78 Å². The second-order valence-electron chi connectivity index (χ2n) is 3.39. The second kappa shape index (κ2) is 3.89. The lowest BCUT2D eigenvalue weighted by atomic mass is 9.92. The van der Waals surface area contributed by atoms with E-state index in [2.05, 4.69) is 5.10 Å². The molecule has 3 N–H and O–H groups in total. The van der Waals surface area contributed by atoms with Crippen molar-refractivity contribution in [1.29, 1.82) is 0 Å². The van der Waals surface area contributed by atoms with Crippen LogP contribution >= 0.6 is 0 Å². The highest BCUT2D eigenvalue weighted by Gasteiger charge is 2.27. The summed E-state index contributed by atoms with van der Waals surface area (Å²) >= 11 is 0. The Morgan fingerprint density at radius 2 is 2.38 bits per heavy atom. The Bertz CT molecular complexity index is 272. The van der Waals surface area contributed by atoms with Crippen LogP contribution in [-0.2, 0) is 12.6 Å². The van der Waals surface area contributed by atoms with Gasteiger partial charge in [-0.1, -0.05) is 13.3 Å². The number of aliphatic hydroxyl groups is 1. The van der Waals surface area contributed by atoms with E-state index in [4.69, 9.17) is 5.73 Å². The summed E-state index contributed by atoms with van der Waals surface area (Å²) < 4.78 is 1.67. The average Bonchev–Trinajstić information content (AvgIpc) is 2.52. The molecule has 0 aromatic carbocycles. The van der Waals surface area contributed by atoms with Gasteiger partial charge in [-0.25, -0.2) is 0 Å². The first-order valence-corrected chi connectivity index (χ1v) is 4.54. The number of rotatable bonds is 4. The molecule has 4 heteroatoms. The third-order valence-electron chi connectivity index (χ3n) is 2.24. The smallest absolute Gasteiger partial charge is 0.105 e. The summed E-state index contributed by atoms with van der Waals surface area (Å²) in [7, 11) is 1.83. The average molecular weight is 183 g/mol. The van der Waals surface area contributed by atoms with Gasteiger partial charge in [-0.05, 0) is 6.42 Å². The molecule has 0 amide bonds. The van der Waals surface area contributed by atoms with E-state index in [1.165, 1.54) is 0 Å². The highest BCUT2D eigenvalue weighted by atomic mass is 16.3. The minimum absolute atomic E-state index is 0.243. The molecule has 1 aromatic rings. The molecule has 1 atom stereocenters. The molecule has 0 fully saturated rings. The summed E-state index contributed by atoms with van der Waals surface area (Å²) in [6.07, 6.45) is 5.06. The van der Waals surface area contributed by atoms with Crippen molar-refractivity contribution in [3.63, 3.8) is 0 Å². The molecule has 74 valence electrons. The predicted molar refractivity (Wildman–Crippen MR) is 51.1 cm³/mol. The van der Waals surface area contributed by atoms with Crippen LogP contribution in [0.15, 0.2) is 12.4 Å². The van der Waals surface area contributed by atoms with Gasteiger partial charge >= 0.3 is 0 Å². The molecule has 0 aliphatic carbocycles. The lowest BCUT2D eigenvalue weighted by molar-refractivity contribution is 0.0359. The van der Waals surface area contributed by atoms with Gasteiger partial charge < -0.3 is 10.8 Å². The first-order valence-electron chi connectivity index (χ1n) is 4.54. The molecule has 4 nitrogen and oxygen atoms in total. The van der Waals surface area contributed by atoms with Gasteiger partial charge in [-0.2, -0.15) is 5.10 Å². The van der Waals surface area contributed by atoms with Crippen LogP contribution in [0, 0.1) is 0 Å². The Balaban J connectivity index is 2.88. The zero-order valence-electron chi connectivity index (χ0n) is 8.20. The fraction of sp³-hybridized carbons (Fsp3) is 0.667. The third-order valence-corrected chi connectivity index (χ3v) is 2.24. The van der Waals surface area contributed by atoms with Crippen molar-refractivity contribution in [3.8, 4) is 0 Å². The summed E-state index contributed by atoms with van der Waals surface area (Å²) in [5, 5.41) is 14.1. The molecule has 1 unspecified atom stereocenters. The standard InChI is InChI=1S/C9H17N3O/c1-3-4-9(13,7-10)8-5-11-12(2)6-8/h5-6,13H,3-4,7,10H2,1-2H3. The summed E-state index contributed by atoms with van der Waals surface area (Å²) in [5.74, 6) is 0. The summed E-state index contributed by atoms with van der Waals surface area (Å²) in [4.78, 5) is 0. The molecule has 13 heavy (non-hydrogen) atoms. The summed E-state index contributed by atoms with van der Waals surface area (Å²) in [6, 6.07) is 0. The zero-order valence-corrected chi connectivity index (χ0v) is 8.20. The van der Waals surface area contributed by atoms with E-state index in [0.29, 0.717) is 6.42 Å². The fourth-order valence-electron chi connectivity index (χ4n) is 1.44. The van der Waals surface area contributed by atoms with Crippen LogP contribution in [0.5, 0.6) is 0 Å². The SMILES string of the molecule is CCCC(O)(CN)c1cnn(C)c1. The van der Waals surface area contributed by atoms with E-state index in [-0.39, 0.29) is 6.54 Å². The topological polar surface area (TPSA) is 64.1 Å². The monoisotopic (exact) mass is 183 g/mol. The molecule has 0 radical (unpaired) electrons. The lowest BCUT2D eigenvalue weighted by Crippen LogP contribution is -2.34. The van der Waals surface area contributed by atoms with Crippen molar-refractivity contribution >= 4 is 0 Å². The number of nitrogens with zero attached hydrogens (tertiary/aromatic N) is 2. The van der Waals surface area contributed by atoms with Gasteiger partial charge in [0, 0.05) is 25.4 Å². The van der Waals surface area contributed by atoms with Crippen LogP contribution in [0.4, 0.5) is 0 Å². The maximum absolute atomic E-state index is 10.1. The third kappa shape index (κ3) is 2.08. The Morgan fingerprint density at radius 1 is 1.69 bits per heavy atom. The van der Waals surface area contributed by atoms with E-state index in [1.54, 1.807) is 10.9 Å². The van der Waals surface area contributed by atoms with Crippen molar-refractivity contribution in [2.75, 3.05) is 6.54 Å². The summed E-state index contributed by atoms with van der Waals surface area (Å²) in [5.41, 5.74) is 5.45. The van der Waals surface area contributed by atoms with E-state index in [9.17, 15) is 5.11 Å². The van der Waals surface area contributed by atoms with Gasteiger partial charge in [-0.3, -0.25) is 4.68 Å². The molecule has 0 aliphatic rings. The molecular formula is C9H17N3O. The van der Waals surface area contributed by atoms with E-state index >= 15 is 0 Å². The van der Waals surface area contributed by atoms with Crippen molar-refractivity contribution in [2.24, 2.45) is 12.8 Å². The first-order chi connectivity index (χ1) is 6.12. The molecule has 1 rings (SSSR count). The minimum atomic E-state index is -0.900. The fourth-order valence-corrected chi connectivity index (χ4v) is 1.44. The largest absolute Gasteiger partial charge is 0.384 e. The van der Waals surface area contributed by atoms with E-state index in [0.717, 1.165) is 12.0 Å². The van der Waals surface area contributed by atoms with Gasteiger partial charge in [0.25, 0.3) is 0 Å². The van der Waals surface area contributed by atoms with Gasteiger partial charge in [0.1, 0.15) is 5.60 Å². The molecule has 0 spiro atoms. The van der Waals surface area contributed by atoms with Crippen LogP contribution in [0.25, 0.3) is 0 Å². The first kappa shape index (κ1) is 10.2. The van der Waals surface area contributed by atoms with Crippen molar-refractivity contribution in [3.05, 3.63) is 18.0 Å². The maximum atomic E-state index is 10.1. The number of hydrogen-bond donors (Lipinski definition) is 2. The van der Waals surface area contributed by atoms with Crippen LogP contribution in [0.3, 0.4) is 0 Å². The van der Waals surface area contributed by atoms with Crippen LogP contribution < -0.4 is 5.73 Å². The van der Waals surface area contributed by atoms with Gasteiger partial charge in [-0.15, -0.1) is 0 Å². The van der Waals surface area contributed by atoms with Crippen LogP contribution in [-0.4, -0.2) is 21.4 Å². The maximum Gasteiger partial charge on any atom is 0.105 e. The molecule has 0 aliphatic heterocycles. The quantitative estimate of drug-likeness (QED) is 0.708. The molecular weight excluding hydrogens is 166 g/mol. The Labute approximate surface area is 78.4 Å². The lowest BCUT2D eigenvalue weighted by Gasteiger charge is -2.24. The Morgan fingerprint density at radius 3 is 2.77 bits per heavy atom. The zero-order chi connectivity index (χ0) is 9.90. The van der Waals surface area contributed by atoms with Crippen LogP contribution in [0.1, 0.15) is 25.3 Å². The molecule has 1 aromatic heterocycles. The number of aromatic nitrogens is 2. The number of aryl methyl sites for hydroxylation is 1. The minimum Gasteiger partial charge on any atom is -0.384 e. The molecule has 1 heterocycles. The molecule has 0 saturated carbocycles. The highest BCUT2D eigenvalue weighted by Crippen LogP contribution is 2.24. The van der Waals surface area contributed by atoms with Gasteiger partial charge in [0.2, 0.25) is 0 Å². The predicted octanol–water partition coefficient (Wildman–Crippen LogP) is 0.366. The van der Waals surface area contributed by atoms with Crippen molar-refractivity contribution in [2.45, 2.75) is 25.4 Å². The van der Waals surface area contributed by atoms with Crippen LogP contribution in [0.2, 0.25) is 0 Å². The van der Waals surface area contributed by atoms with Gasteiger partial charge in [0.05, 0.1) is 6.20 Å². The normalized spacial score (nSPS) is 15.7. The number of hydrogen-bond acceptors (Lipinski definition) is 3. The Hall–Kier alpha value is -0.870. The van der Waals surface area contributed by atoms with E-state index in [1.807, 2.05) is 20.2 Å². The Kier molecular flexibility index (Phi) is 3.06. The molecule has 0 saturated heterocycles. The second-order valence-corrected chi connectivity index (χ2v) is 3.39. The summed E-state index contributed by atoms with van der Waals surface area (Å²) in [6.45, 7) is 2.27. The van der Waals surface area contributed by atoms with Gasteiger partial charge in [0.15, 0.2) is 0 Å². The highest BCUT2D eigenvalue weighted by molar-refractivity contribution is 5.15. The van der Waals surface area contributed by atoms with Crippen molar-refractivity contribution < 1.29 is 5.11 Å². The van der Waals surface area contributed by atoms with E-state index < -0.39 is 5.60 Å². The molecule has 0 bridgehead atoms. The number of nitrogens with two attached hydrogens (primary N) is 1.